The lowest BCUT2D eigenvalue weighted by atomic mass is 9.98. The van der Waals surface area contributed by atoms with Crippen LogP contribution in [0.15, 0.2) is 41.3 Å². The molecule has 1 heterocycles. The molecule has 0 saturated carbocycles. The van der Waals surface area contributed by atoms with Crippen LogP contribution in [-0.2, 0) is 11.2 Å². The van der Waals surface area contributed by atoms with Gasteiger partial charge in [0.25, 0.3) is 0 Å². The third-order valence-electron chi connectivity index (χ3n) is 7.73. The lowest BCUT2D eigenvalue weighted by Gasteiger charge is -2.36. The van der Waals surface area contributed by atoms with E-state index in [0.29, 0.717) is 24.8 Å². The lowest BCUT2D eigenvalue weighted by molar-refractivity contribution is 0.0524. The SMILES string of the molecule is CCOC(=O)c1cn(C(CC)CCC(C)(C)[Si](C)(C)O)c2cc(F)c(Cc3cccc(Cl)c3F)cc2c1=O. The number of carbonyl (C=O) groups excluding carboxylic acids is 1. The Labute approximate surface area is 228 Å². The monoisotopic (exact) mass is 563 g/mol. The van der Waals surface area contributed by atoms with Crippen LogP contribution in [0.4, 0.5) is 8.78 Å². The predicted octanol–water partition coefficient (Wildman–Crippen LogP) is 7.41. The third-order valence-corrected chi connectivity index (χ3v) is 11.6. The van der Waals surface area contributed by atoms with E-state index in [2.05, 4.69) is 0 Å². The molecule has 206 valence electrons. The molecule has 0 bridgehead atoms. The normalized spacial score (nSPS) is 13.1. The quantitative estimate of drug-likeness (QED) is 0.206. The fourth-order valence-corrected chi connectivity index (χ4v) is 5.42. The summed E-state index contributed by atoms with van der Waals surface area (Å²) < 4.78 is 36.9. The number of ether oxygens (including phenoxy) is 1. The first-order valence-electron chi connectivity index (χ1n) is 12.9. The van der Waals surface area contributed by atoms with Gasteiger partial charge in [-0.15, -0.1) is 0 Å². The number of hydrogen-bond donors (Lipinski definition) is 1. The van der Waals surface area contributed by atoms with Crippen molar-refractivity contribution < 1.29 is 23.1 Å². The van der Waals surface area contributed by atoms with E-state index in [1.165, 1.54) is 30.5 Å². The highest BCUT2D eigenvalue weighted by molar-refractivity contribution is 6.72. The second-order valence-electron chi connectivity index (χ2n) is 10.9. The Bertz CT molecular complexity index is 1400. The van der Waals surface area contributed by atoms with Gasteiger partial charge in [-0.3, -0.25) is 4.79 Å². The van der Waals surface area contributed by atoms with E-state index in [4.69, 9.17) is 16.3 Å². The number of aromatic nitrogens is 1. The highest BCUT2D eigenvalue weighted by atomic mass is 35.5. The summed E-state index contributed by atoms with van der Waals surface area (Å²) in [5.41, 5.74) is -0.0457. The van der Waals surface area contributed by atoms with Crippen LogP contribution in [0.1, 0.15) is 74.5 Å². The molecule has 1 N–H and O–H groups in total. The van der Waals surface area contributed by atoms with Gasteiger partial charge in [-0.25, -0.2) is 13.6 Å². The molecule has 0 amide bonds. The number of benzene rings is 2. The van der Waals surface area contributed by atoms with Crippen molar-refractivity contribution in [1.82, 2.24) is 4.57 Å². The highest BCUT2D eigenvalue weighted by Crippen LogP contribution is 2.42. The summed E-state index contributed by atoms with van der Waals surface area (Å²) in [4.78, 5) is 36.9. The number of nitrogens with zero attached hydrogens (tertiary/aromatic N) is 1. The minimum absolute atomic E-state index is 0.0709. The van der Waals surface area contributed by atoms with Gasteiger partial charge >= 0.3 is 5.97 Å². The van der Waals surface area contributed by atoms with E-state index < -0.39 is 31.3 Å². The van der Waals surface area contributed by atoms with Crippen molar-refractivity contribution in [3.63, 3.8) is 0 Å². The average Bonchev–Trinajstić information content (AvgIpc) is 2.83. The van der Waals surface area contributed by atoms with Crippen LogP contribution < -0.4 is 5.43 Å². The van der Waals surface area contributed by atoms with Crippen LogP contribution in [0.2, 0.25) is 23.2 Å². The number of fused-ring (bicyclic) bond motifs is 1. The molecule has 0 radical (unpaired) electrons. The van der Waals surface area contributed by atoms with Gasteiger partial charge < -0.3 is 14.1 Å². The zero-order valence-corrected chi connectivity index (χ0v) is 24.6. The third kappa shape index (κ3) is 6.19. The molecule has 9 heteroatoms. The zero-order chi connectivity index (χ0) is 28.4. The summed E-state index contributed by atoms with van der Waals surface area (Å²) in [5, 5.41) is -0.193. The van der Waals surface area contributed by atoms with Crippen LogP contribution in [-0.4, -0.2) is 30.3 Å². The molecular weight excluding hydrogens is 528 g/mol. The molecule has 1 aromatic heterocycles. The number of hydrogen-bond acceptors (Lipinski definition) is 4. The zero-order valence-electron chi connectivity index (χ0n) is 22.8. The Kier molecular flexibility index (Phi) is 9.22. The van der Waals surface area contributed by atoms with E-state index in [1.54, 1.807) is 17.6 Å². The van der Waals surface area contributed by atoms with Gasteiger partial charge in [0.2, 0.25) is 5.43 Å². The molecule has 3 rings (SSSR count). The number of pyridine rings is 1. The smallest absolute Gasteiger partial charge is 0.343 e. The highest BCUT2D eigenvalue weighted by Gasteiger charge is 2.38. The van der Waals surface area contributed by atoms with Gasteiger partial charge in [-0.2, -0.15) is 0 Å². The standard InChI is InChI=1S/C29H36ClF2NO4Si/c1-7-20(12-13-29(3,4)38(5,6)36)33-17-22(28(35)37-8-2)27(34)21-15-19(24(31)16-25(21)33)14-18-10-9-11-23(30)26(18)32/h9-11,15-17,20,36H,7-8,12-14H2,1-6H3. The summed E-state index contributed by atoms with van der Waals surface area (Å²) >= 11 is 5.90. The molecule has 0 fully saturated rings. The largest absolute Gasteiger partial charge is 0.462 e. The predicted molar refractivity (Wildman–Crippen MR) is 151 cm³/mol. The molecule has 1 unspecified atom stereocenters. The molecule has 5 nitrogen and oxygen atoms in total. The average molecular weight is 564 g/mol. The first-order valence-corrected chi connectivity index (χ1v) is 16.2. The van der Waals surface area contributed by atoms with Crippen molar-refractivity contribution in [2.45, 2.75) is 77.6 Å². The Balaban J connectivity index is 2.19. The molecule has 0 saturated heterocycles. The van der Waals surface area contributed by atoms with Gasteiger partial charge in [0.05, 0.1) is 17.1 Å². The van der Waals surface area contributed by atoms with Crippen LogP contribution in [0, 0.1) is 11.6 Å². The molecule has 0 aliphatic rings. The Hall–Kier alpha value is -2.55. The summed E-state index contributed by atoms with van der Waals surface area (Å²) in [6.45, 7) is 11.6. The van der Waals surface area contributed by atoms with E-state index in [1.807, 2.05) is 33.9 Å². The van der Waals surface area contributed by atoms with Crippen LogP contribution in [0.5, 0.6) is 0 Å². The van der Waals surface area contributed by atoms with E-state index in [-0.39, 0.29) is 51.2 Å². The van der Waals surface area contributed by atoms with Gasteiger partial charge in [0, 0.05) is 24.0 Å². The van der Waals surface area contributed by atoms with Crippen molar-refractivity contribution in [2.24, 2.45) is 0 Å². The number of halogens is 3. The van der Waals surface area contributed by atoms with Crippen molar-refractivity contribution >= 4 is 36.8 Å². The number of rotatable bonds is 10. The number of carbonyl (C=O) groups is 1. The lowest BCUT2D eigenvalue weighted by Crippen LogP contribution is -2.39. The van der Waals surface area contributed by atoms with Crippen molar-refractivity contribution in [3.05, 3.63) is 80.1 Å². The van der Waals surface area contributed by atoms with Gasteiger partial charge in [0.15, 0.2) is 8.32 Å². The molecule has 2 aromatic carbocycles. The molecule has 1 atom stereocenters. The maximum absolute atomic E-state index is 15.4. The molecule has 3 aromatic rings. The maximum atomic E-state index is 15.4. The summed E-state index contributed by atoms with van der Waals surface area (Å²) in [6.07, 6.45) is 3.36. The second kappa shape index (κ2) is 11.7. The van der Waals surface area contributed by atoms with Crippen molar-refractivity contribution in [2.75, 3.05) is 6.61 Å². The van der Waals surface area contributed by atoms with Crippen molar-refractivity contribution in [1.29, 1.82) is 0 Å². The van der Waals surface area contributed by atoms with Crippen LogP contribution in [0.25, 0.3) is 10.9 Å². The fourth-order valence-electron chi connectivity index (χ4n) is 4.47. The summed E-state index contributed by atoms with van der Waals surface area (Å²) in [6, 6.07) is 7.01. The Morgan fingerprint density at radius 1 is 1.18 bits per heavy atom. The van der Waals surface area contributed by atoms with Crippen LogP contribution >= 0.6 is 11.6 Å². The molecule has 0 spiro atoms. The molecule has 38 heavy (non-hydrogen) atoms. The fraction of sp³-hybridized carbons (Fsp3) is 0.448. The minimum Gasteiger partial charge on any atom is -0.462 e. The Morgan fingerprint density at radius 3 is 2.47 bits per heavy atom. The van der Waals surface area contributed by atoms with E-state index in [0.717, 1.165) is 0 Å². The maximum Gasteiger partial charge on any atom is 0.343 e. The van der Waals surface area contributed by atoms with Gasteiger partial charge in [-0.1, -0.05) is 44.5 Å². The summed E-state index contributed by atoms with van der Waals surface area (Å²) in [7, 11) is -2.46. The summed E-state index contributed by atoms with van der Waals surface area (Å²) in [5.74, 6) is -1.98. The van der Waals surface area contributed by atoms with Gasteiger partial charge in [-0.05, 0) is 73.6 Å². The molecule has 0 aliphatic carbocycles. The topological polar surface area (TPSA) is 68.5 Å². The second-order valence-corrected chi connectivity index (χ2v) is 15.8. The Morgan fingerprint density at radius 2 is 1.87 bits per heavy atom. The van der Waals surface area contributed by atoms with E-state index >= 15 is 4.39 Å². The van der Waals surface area contributed by atoms with Crippen molar-refractivity contribution in [3.8, 4) is 0 Å². The number of esters is 1. The minimum atomic E-state index is -2.46. The molecular formula is C29H36ClF2NO4Si. The van der Waals surface area contributed by atoms with E-state index in [9.17, 15) is 18.8 Å². The first-order chi connectivity index (χ1) is 17.7. The first kappa shape index (κ1) is 30.0. The van der Waals surface area contributed by atoms with Gasteiger partial charge in [0.1, 0.15) is 17.2 Å². The van der Waals surface area contributed by atoms with Crippen LogP contribution in [0.3, 0.4) is 0 Å². The molecule has 0 aliphatic heterocycles.